The van der Waals surface area contributed by atoms with Gasteiger partial charge in [0, 0.05) is 19.7 Å². The highest BCUT2D eigenvalue weighted by molar-refractivity contribution is 7.89. The lowest BCUT2D eigenvalue weighted by atomic mass is 9.90. The second-order valence-electron chi connectivity index (χ2n) is 5.53. The van der Waals surface area contributed by atoms with E-state index in [1.54, 1.807) is 13.2 Å². The van der Waals surface area contributed by atoms with Gasteiger partial charge in [-0.1, -0.05) is 19.1 Å². The zero-order valence-electron chi connectivity index (χ0n) is 12.8. The van der Waals surface area contributed by atoms with E-state index in [1.807, 2.05) is 26.0 Å². The molecule has 0 unspecified atom stereocenters. The van der Waals surface area contributed by atoms with Crippen molar-refractivity contribution in [2.24, 2.45) is 0 Å². The Morgan fingerprint density at radius 2 is 2.05 bits per heavy atom. The number of hydrogen-bond acceptors (Lipinski definition) is 4. The van der Waals surface area contributed by atoms with Crippen LogP contribution in [0.25, 0.3) is 0 Å². The van der Waals surface area contributed by atoms with Gasteiger partial charge < -0.3 is 10.1 Å². The maximum Gasteiger partial charge on any atom is 0.241 e. The van der Waals surface area contributed by atoms with Crippen molar-refractivity contribution in [1.29, 1.82) is 0 Å². The van der Waals surface area contributed by atoms with Gasteiger partial charge >= 0.3 is 0 Å². The minimum atomic E-state index is -3.46. The number of benzene rings is 1. The molecule has 118 valence electrons. The fourth-order valence-electron chi connectivity index (χ4n) is 2.45. The Bertz CT molecular complexity index is 581. The van der Waals surface area contributed by atoms with Gasteiger partial charge in [0.2, 0.25) is 10.0 Å². The van der Waals surface area contributed by atoms with Crippen LogP contribution in [-0.2, 0) is 21.3 Å². The summed E-state index contributed by atoms with van der Waals surface area (Å²) in [4.78, 5) is 0.374. The Balaban J connectivity index is 2.11. The van der Waals surface area contributed by atoms with Crippen LogP contribution in [0.15, 0.2) is 23.1 Å². The smallest absolute Gasteiger partial charge is 0.241 e. The molecule has 0 amide bonds. The van der Waals surface area contributed by atoms with Gasteiger partial charge in [-0.2, -0.15) is 0 Å². The summed E-state index contributed by atoms with van der Waals surface area (Å²) in [6.45, 7) is 5.38. The van der Waals surface area contributed by atoms with Crippen molar-refractivity contribution in [3.05, 3.63) is 29.3 Å². The maximum atomic E-state index is 12.5. The highest BCUT2D eigenvalue weighted by Crippen LogP contribution is 2.25. The molecule has 0 heterocycles. The van der Waals surface area contributed by atoms with E-state index in [2.05, 4.69) is 10.0 Å². The van der Waals surface area contributed by atoms with Crippen molar-refractivity contribution in [3.8, 4) is 0 Å². The highest BCUT2D eigenvalue weighted by Gasteiger charge is 2.33. The molecule has 0 saturated heterocycles. The van der Waals surface area contributed by atoms with Gasteiger partial charge in [-0.15, -0.1) is 0 Å². The van der Waals surface area contributed by atoms with Gasteiger partial charge in [-0.05, 0) is 43.5 Å². The van der Waals surface area contributed by atoms with Crippen molar-refractivity contribution in [2.45, 2.75) is 50.3 Å². The molecule has 0 aliphatic heterocycles. The lowest BCUT2D eigenvalue weighted by Gasteiger charge is -2.34. The number of aryl methyl sites for hydroxylation is 1. The summed E-state index contributed by atoms with van der Waals surface area (Å²) in [6, 6.07) is 5.56. The molecule has 6 heteroatoms. The van der Waals surface area contributed by atoms with Gasteiger partial charge in [-0.3, -0.25) is 0 Å². The number of sulfonamides is 1. The van der Waals surface area contributed by atoms with Crippen LogP contribution in [0.3, 0.4) is 0 Å². The summed E-state index contributed by atoms with van der Waals surface area (Å²) in [6.07, 6.45) is 1.66. The first-order chi connectivity index (χ1) is 9.96. The fraction of sp³-hybridized carbons (Fsp3) is 0.600. The van der Waals surface area contributed by atoms with Crippen molar-refractivity contribution in [1.82, 2.24) is 10.0 Å². The maximum absolute atomic E-state index is 12.5. The molecule has 21 heavy (non-hydrogen) atoms. The van der Waals surface area contributed by atoms with Crippen molar-refractivity contribution < 1.29 is 13.2 Å². The number of hydrogen-bond donors (Lipinski definition) is 2. The molecule has 0 bridgehead atoms. The van der Waals surface area contributed by atoms with Gasteiger partial charge in [0.05, 0.1) is 11.0 Å². The van der Waals surface area contributed by atoms with E-state index >= 15 is 0 Å². The predicted octanol–water partition coefficient (Wildman–Crippen LogP) is 1.56. The number of nitrogens with one attached hydrogen (secondary N) is 2. The minimum absolute atomic E-state index is 0.0169. The van der Waals surface area contributed by atoms with Gasteiger partial charge in [0.15, 0.2) is 0 Å². The molecule has 1 fully saturated rings. The number of rotatable bonds is 7. The van der Waals surface area contributed by atoms with Crippen LogP contribution < -0.4 is 10.0 Å². The van der Waals surface area contributed by atoms with E-state index in [0.29, 0.717) is 11.4 Å². The molecular weight excluding hydrogens is 288 g/mol. The standard InChI is InChI=1S/C15H24N2O3S/c1-4-16-10-12-6-5-11(2)15(7-12)21(18,19)17-13-8-14(9-13)20-3/h5-7,13-14,16-17H,4,8-10H2,1-3H3. The second kappa shape index (κ2) is 6.87. The summed E-state index contributed by atoms with van der Waals surface area (Å²) in [5, 5.41) is 3.21. The Hall–Kier alpha value is -0.950. The zero-order valence-corrected chi connectivity index (χ0v) is 13.7. The summed E-state index contributed by atoms with van der Waals surface area (Å²) in [7, 11) is -1.81. The molecule has 2 N–H and O–H groups in total. The molecule has 1 saturated carbocycles. The average molecular weight is 312 g/mol. The second-order valence-corrected chi connectivity index (χ2v) is 7.21. The van der Waals surface area contributed by atoms with Gasteiger partial charge in [0.25, 0.3) is 0 Å². The van der Waals surface area contributed by atoms with Crippen molar-refractivity contribution in [3.63, 3.8) is 0 Å². The Kier molecular flexibility index (Phi) is 5.37. The minimum Gasteiger partial charge on any atom is -0.381 e. The highest BCUT2D eigenvalue weighted by atomic mass is 32.2. The Morgan fingerprint density at radius 1 is 1.33 bits per heavy atom. The predicted molar refractivity (Wildman–Crippen MR) is 82.7 cm³/mol. The quantitative estimate of drug-likeness (QED) is 0.802. The van der Waals surface area contributed by atoms with E-state index in [-0.39, 0.29) is 12.1 Å². The van der Waals surface area contributed by atoms with E-state index in [1.165, 1.54) is 0 Å². The lowest BCUT2D eigenvalue weighted by Crippen LogP contribution is -2.47. The summed E-state index contributed by atoms with van der Waals surface area (Å²) in [5.74, 6) is 0. The van der Waals surface area contributed by atoms with Crippen LogP contribution in [0.5, 0.6) is 0 Å². The van der Waals surface area contributed by atoms with Crippen molar-refractivity contribution in [2.75, 3.05) is 13.7 Å². The summed E-state index contributed by atoms with van der Waals surface area (Å²) < 4.78 is 33.0. The topological polar surface area (TPSA) is 67.4 Å². The molecule has 1 aliphatic carbocycles. The van der Waals surface area contributed by atoms with Crippen LogP contribution in [-0.4, -0.2) is 34.2 Å². The molecule has 0 atom stereocenters. The third-order valence-electron chi connectivity index (χ3n) is 3.87. The first-order valence-corrected chi connectivity index (χ1v) is 8.80. The fourth-order valence-corrected chi connectivity index (χ4v) is 4.01. The third-order valence-corrected chi connectivity index (χ3v) is 5.53. The first-order valence-electron chi connectivity index (χ1n) is 7.31. The lowest BCUT2D eigenvalue weighted by molar-refractivity contribution is 0.0236. The molecule has 0 spiro atoms. The summed E-state index contributed by atoms with van der Waals surface area (Å²) in [5.41, 5.74) is 1.75. The third kappa shape index (κ3) is 4.03. The Morgan fingerprint density at radius 3 is 2.67 bits per heavy atom. The molecule has 1 aromatic rings. The average Bonchev–Trinajstić information content (AvgIpc) is 2.41. The number of ether oxygens (including phenoxy) is 1. The van der Waals surface area contributed by atoms with Crippen LogP contribution in [0.1, 0.15) is 30.9 Å². The van der Waals surface area contributed by atoms with E-state index in [0.717, 1.165) is 30.5 Å². The van der Waals surface area contributed by atoms with Crippen LogP contribution in [0.4, 0.5) is 0 Å². The van der Waals surface area contributed by atoms with Gasteiger partial charge in [0.1, 0.15) is 0 Å². The molecule has 0 aromatic heterocycles. The van der Waals surface area contributed by atoms with E-state index < -0.39 is 10.0 Å². The largest absolute Gasteiger partial charge is 0.381 e. The Labute approximate surface area is 127 Å². The first kappa shape index (κ1) is 16.4. The van der Waals surface area contributed by atoms with Crippen LogP contribution in [0, 0.1) is 6.92 Å². The van der Waals surface area contributed by atoms with Crippen LogP contribution >= 0.6 is 0 Å². The number of methoxy groups -OCH3 is 1. The molecule has 2 rings (SSSR count). The van der Waals surface area contributed by atoms with E-state index in [9.17, 15) is 8.42 Å². The van der Waals surface area contributed by atoms with E-state index in [4.69, 9.17) is 4.74 Å². The molecule has 1 aromatic carbocycles. The van der Waals surface area contributed by atoms with Crippen molar-refractivity contribution >= 4 is 10.0 Å². The molecule has 5 nitrogen and oxygen atoms in total. The molecule has 1 aliphatic rings. The molecular formula is C15H24N2O3S. The summed E-state index contributed by atoms with van der Waals surface area (Å²) >= 11 is 0. The van der Waals surface area contributed by atoms with Gasteiger partial charge in [-0.25, -0.2) is 13.1 Å². The monoisotopic (exact) mass is 312 g/mol. The van der Waals surface area contributed by atoms with Crippen LogP contribution in [0.2, 0.25) is 0 Å². The molecule has 0 radical (unpaired) electrons. The normalized spacial score (nSPS) is 22.0. The SMILES string of the molecule is CCNCc1ccc(C)c(S(=O)(=O)NC2CC(OC)C2)c1. The zero-order chi connectivity index (χ0) is 15.5.